The average Bonchev–Trinajstić information content (AvgIpc) is 3.62. The predicted octanol–water partition coefficient (Wildman–Crippen LogP) is 6.04. The van der Waals surface area contributed by atoms with Crippen molar-refractivity contribution in [3.05, 3.63) is 106 Å². The summed E-state index contributed by atoms with van der Waals surface area (Å²) in [6.07, 6.45) is 5.51. The number of hydrogen-bond acceptors (Lipinski definition) is 6. The SMILES string of the molecule is CCCCc1nc(Cl)c(CCC(=O)OC)n1Cc1ccc(NC(=O)[C@H](Cc2ccccc2)n2cccc2C(=O)OC)cc1. The first-order valence-electron chi connectivity index (χ1n) is 14.3. The number of esters is 2. The van der Waals surface area contributed by atoms with Crippen LogP contribution < -0.4 is 5.32 Å². The van der Waals surface area contributed by atoms with Crippen LogP contribution in [0.2, 0.25) is 5.15 Å². The normalized spacial score (nSPS) is 11.6. The van der Waals surface area contributed by atoms with Gasteiger partial charge in [0.1, 0.15) is 17.6 Å². The number of rotatable bonds is 14. The van der Waals surface area contributed by atoms with Crippen molar-refractivity contribution in [2.45, 2.75) is 58.0 Å². The summed E-state index contributed by atoms with van der Waals surface area (Å²) in [5, 5.41) is 3.42. The third-order valence-electron chi connectivity index (χ3n) is 7.30. The van der Waals surface area contributed by atoms with Crippen molar-refractivity contribution in [3.8, 4) is 0 Å². The number of hydrogen-bond donors (Lipinski definition) is 1. The number of ether oxygens (including phenoxy) is 2. The van der Waals surface area contributed by atoms with Gasteiger partial charge in [-0.1, -0.05) is 67.4 Å². The van der Waals surface area contributed by atoms with Crippen LogP contribution in [-0.4, -0.2) is 46.2 Å². The molecule has 0 saturated carbocycles. The first kappa shape index (κ1) is 31.6. The van der Waals surface area contributed by atoms with Crippen LogP contribution in [0.1, 0.15) is 65.4 Å². The summed E-state index contributed by atoms with van der Waals surface area (Å²) in [6.45, 7) is 2.64. The van der Waals surface area contributed by atoms with E-state index in [0.717, 1.165) is 41.9 Å². The molecule has 1 N–H and O–H groups in total. The van der Waals surface area contributed by atoms with E-state index >= 15 is 0 Å². The minimum absolute atomic E-state index is 0.212. The summed E-state index contributed by atoms with van der Waals surface area (Å²) in [5.74, 6) is -0.195. The second-order valence-corrected chi connectivity index (χ2v) is 10.6. The van der Waals surface area contributed by atoms with E-state index in [2.05, 4.69) is 21.8 Å². The second kappa shape index (κ2) is 15.2. The average molecular weight is 605 g/mol. The van der Waals surface area contributed by atoms with Crippen molar-refractivity contribution >= 4 is 35.1 Å². The number of carbonyl (C=O) groups excluding carboxylic acids is 3. The Balaban J connectivity index is 1.54. The number of unbranched alkanes of at least 4 members (excludes halogenated alkanes) is 1. The van der Waals surface area contributed by atoms with Gasteiger partial charge in [-0.3, -0.25) is 9.59 Å². The van der Waals surface area contributed by atoms with Crippen molar-refractivity contribution in [2.24, 2.45) is 0 Å². The second-order valence-electron chi connectivity index (χ2n) is 10.2. The molecule has 0 radical (unpaired) electrons. The Labute approximate surface area is 256 Å². The zero-order valence-electron chi connectivity index (χ0n) is 24.7. The lowest BCUT2D eigenvalue weighted by molar-refractivity contribution is -0.140. The molecule has 0 saturated heterocycles. The van der Waals surface area contributed by atoms with Crippen molar-refractivity contribution < 1.29 is 23.9 Å². The molecule has 4 aromatic rings. The summed E-state index contributed by atoms with van der Waals surface area (Å²) < 4.78 is 13.5. The van der Waals surface area contributed by atoms with Gasteiger partial charge in [-0.2, -0.15) is 0 Å². The lowest BCUT2D eigenvalue weighted by atomic mass is 10.0. The molecule has 1 amide bonds. The Bertz CT molecular complexity index is 1530. The Morgan fingerprint density at radius 1 is 0.930 bits per heavy atom. The van der Waals surface area contributed by atoms with Gasteiger partial charge in [0.25, 0.3) is 0 Å². The summed E-state index contributed by atoms with van der Waals surface area (Å²) in [4.78, 5) is 42.5. The van der Waals surface area contributed by atoms with Gasteiger partial charge in [-0.15, -0.1) is 0 Å². The van der Waals surface area contributed by atoms with Crippen molar-refractivity contribution in [1.29, 1.82) is 0 Å². The lowest BCUT2D eigenvalue weighted by Crippen LogP contribution is -2.29. The van der Waals surface area contributed by atoms with E-state index < -0.39 is 12.0 Å². The first-order valence-corrected chi connectivity index (χ1v) is 14.7. The highest BCUT2D eigenvalue weighted by Gasteiger charge is 2.25. The summed E-state index contributed by atoms with van der Waals surface area (Å²) in [5.41, 5.74) is 3.67. The van der Waals surface area contributed by atoms with E-state index in [0.29, 0.717) is 35.9 Å². The number of aromatic nitrogens is 3. The van der Waals surface area contributed by atoms with Crippen LogP contribution in [0.3, 0.4) is 0 Å². The summed E-state index contributed by atoms with van der Waals surface area (Å²) >= 11 is 6.51. The van der Waals surface area contributed by atoms with Crippen LogP contribution in [0.15, 0.2) is 72.9 Å². The Morgan fingerprint density at radius 2 is 1.67 bits per heavy atom. The maximum Gasteiger partial charge on any atom is 0.354 e. The Morgan fingerprint density at radius 3 is 2.35 bits per heavy atom. The van der Waals surface area contributed by atoms with E-state index in [4.69, 9.17) is 21.1 Å². The number of anilines is 1. The molecular formula is C33H37ClN4O5. The molecule has 2 aromatic heterocycles. The maximum atomic E-state index is 13.6. The molecule has 0 aliphatic carbocycles. The van der Waals surface area contributed by atoms with Gasteiger partial charge in [-0.25, -0.2) is 9.78 Å². The molecule has 43 heavy (non-hydrogen) atoms. The monoisotopic (exact) mass is 604 g/mol. The predicted molar refractivity (Wildman–Crippen MR) is 165 cm³/mol. The third-order valence-corrected chi connectivity index (χ3v) is 7.60. The van der Waals surface area contributed by atoms with Crippen molar-refractivity contribution in [3.63, 3.8) is 0 Å². The minimum Gasteiger partial charge on any atom is -0.469 e. The topological polar surface area (TPSA) is 104 Å². The van der Waals surface area contributed by atoms with Gasteiger partial charge in [0.15, 0.2) is 5.15 Å². The Kier molecular flexibility index (Phi) is 11.2. The molecule has 0 spiro atoms. The van der Waals surface area contributed by atoms with E-state index in [1.807, 2.05) is 54.6 Å². The zero-order chi connectivity index (χ0) is 30.8. The quantitative estimate of drug-likeness (QED) is 0.176. The van der Waals surface area contributed by atoms with E-state index in [1.165, 1.54) is 14.2 Å². The number of benzene rings is 2. The highest BCUT2D eigenvalue weighted by molar-refractivity contribution is 6.30. The zero-order valence-corrected chi connectivity index (χ0v) is 25.5. The number of amides is 1. The molecule has 0 aliphatic heterocycles. The highest BCUT2D eigenvalue weighted by Crippen LogP contribution is 2.24. The molecule has 0 fully saturated rings. The molecule has 0 aliphatic rings. The molecule has 9 nitrogen and oxygen atoms in total. The van der Waals surface area contributed by atoms with E-state index in [1.54, 1.807) is 22.9 Å². The smallest absolute Gasteiger partial charge is 0.354 e. The fourth-order valence-electron chi connectivity index (χ4n) is 4.98. The lowest BCUT2D eigenvalue weighted by Gasteiger charge is -2.21. The number of nitrogens with one attached hydrogen (secondary N) is 1. The summed E-state index contributed by atoms with van der Waals surface area (Å²) in [7, 11) is 2.69. The molecule has 226 valence electrons. The molecule has 1 atom stereocenters. The van der Waals surface area contributed by atoms with Crippen LogP contribution in [0, 0.1) is 0 Å². The van der Waals surface area contributed by atoms with Crippen LogP contribution in [0.25, 0.3) is 0 Å². The molecule has 0 unspecified atom stereocenters. The Hall–Kier alpha value is -4.37. The number of nitrogens with zero attached hydrogens (tertiary/aromatic N) is 3. The molecule has 0 bridgehead atoms. The number of aryl methyl sites for hydroxylation is 1. The molecule has 2 aromatic carbocycles. The van der Waals surface area contributed by atoms with Gasteiger partial charge >= 0.3 is 11.9 Å². The number of imidazole rings is 1. The number of halogens is 1. The van der Waals surface area contributed by atoms with Crippen LogP contribution in [0.5, 0.6) is 0 Å². The van der Waals surface area contributed by atoms with E-state index in [9.17, 15) is 14.4 Å². The van der Waals surface area contributed by atoms with Gasteiger partial charge in [-0.05, 0) is 41.8 Å². The van der Waals surface area contributed by atoms with Crippen LogP contribution >= 0.6 is 11.6 Å². The van der Waals surface area contributed by atoms with E-state index in [-0.39, 0.29) is 18.3 Å². The van der Waals surface area contributed by atoms with Crippen molar-refractivity contribution in [1.82, 2.24) is 14.1 Å². The van der Waals surface area contributed by atoms with Crippen LogP contribution in [-0.2, 0) is 44.9 Å². The standard InChI is InChI=1S/C33H37ClN4O5/c1-4-5-13-29-36-31(34)26(18-19-30(39)42-2)38(29)22-24-14-16-25(17-15-24)35-32(40)28(21-23-10-7-6-8-11-23)37-20-9-12-27(37)33(41)43-3/h6-12,14-17,20,28H,4-5,13,18-19,21-22H2,1-3H3,(H,35,40)/t28-/m0/s1. The summed E-state index contributed by atoms with van der Waals surface area (Å²) in [6, 6.07) is 19.9. The van der Waals surface area contributed by atoms with Gasteiger partial charge in [0.05, 0.1) is 26.3 Å². The maximum absolute atomic E-state index is 13.6. The van der Waals surface area contributed by atoms with Gasteiger partial charge < -0.3 is 23.9 Å². The van der Waals surface area contributed by atoms with Crippen LogP contribution in [0.4, 0.5) is 5.69 Å². The first-order chi connectivity index (χ1) is 20.8. The highest BCUT2D eigenvalue weighted by atomic mass is 35.5. The van der Waals surface area contributed by atoms with Crippen molar-refractivity contribution in [2.75, 3.05) is 19.5 Å². The fraction of sp³-hybridized carbons (Fsp3) is 0.333. The molecule has 2 heterocycles. The largest absolute Gasteiger partial charge is 0.469 e. The molecule has 10 heteroatoms. The molecular weight excluding hydrogens is 568 g/mol. The van der Waals surface area contributed by atoms with Gasteiger partial charge in [0, 0.05) is 37.7 Å². The number of methoxy groups -OCH3 is 2. The minimum atomic E-state index is -0.683. The third kappa shape index (κ3) is 8.14. The molecule has 4 rings (SSSR count). The van der Waals surface area contributed by atoms with Gasteiger partial charge in [0.2, 0.25) is 5.91 Å². The fourth-order valence-corrected chi connectivity index (χ4v) is 5.27. The number of carbonyl (C=O) groups is 3.